The Morgan fingerprint density at radius 2 is 1.93 bits per heavy atom. The number of hydrogen-bond donors (Lipinski definition) is 2. The van der Waals surface area contributed by atoms with Crippen molar-refractivity contribution in [1.82, 2.24) is 10.2 Å². The second-order valence-electron chi connectivity index (χ2n) is 6.71. The van der Waals surface area contributed by atoms with E-state index in [0.29, 0.717) is 40.9 Å². The van der Waals surface area contributed by atoms with Gasteiger partial charge in [-0.1, -0.05) is 36.8 Å². The Labute approximate surface area is 179 Å². The van der Waals surface area contributed by atoms with Crippen LogP contribution in [0, 0.1) is 0 Å². The molecule has 1 aromatic rings. The van der Waals surface area contributed by atoms with E-state index in [9.17, 15) is 14.4 Å². The molecule has 1 fully saturated rings. The van der Waals surface area contributed by atoms with E-state index in [1.54, 1.807) is 29.4 Å². The number of carbonyl (C=O) groups is 3. The normalized spacial score (nSPS) is 15.3. The molecule has 0 aromatic carbocycles. The zero-order valence-corrected chi connectivity index (χ0v) is 17.9. The zero-order chi connectivity index (χ0) is 21.1. The molecular weight excluding hydrogens is 412 g/mol. The molecule has 0 aliphatic carbocycles. The van der Waals surface area contributed by atoms with E-state index >= 15 is 0 Å². The van der Waals surface area contributed by atoms with Crippen LogP contribution in [-0.4, -0.2) is 45.2 Å². The fourth-order valence-electron chi connectivity index (χ4n) is 2.82. The highest BCUT2D eigenvalue weighted by molar-refractivity contribution is 8.26. The van der Waals surface area contributed by atoms with Gasteiger partial charge in [0.25, 0.3) is 5.91 Å². The predicted octanol–water partition coefficient (Wildman–Crippen LogP) is 3.80. The van der Waals surface area contributed by atoms with Crippen LogP contribution in [0.5, 0.6) is 0 Å². The van der Waals surface area contributed by atoms with E-state index < -0.39 is 5.97 Å². The summed E-state index contributed by atoms with van der Waals surface area (Å²) >= 11 is 6.58. The molecule has 1 aromatic heterocycles. The van der Waals surface area contributed by atoms with Gasteiger partial charge in [-0.2, -0.15) is 0 Å². The van der Waals surface area contributed by atoms with E-state index in [1.165, 1.54) is 11.8 Å². The summed E-state index contributed by atoms with van der Waals surface area (Å²) in [7, 11) is 0. The number of furan rings is 1. The van der Waals surface area contributed by atoms with Crippen molar-refractivity contribution in [2.45, 2.75) is 51.4 Å². The average molecular weight is 439 g/mol. The third kappa shape index (κ3) is 8.41. The van der Waals surface area contributed by atoms with Gasteiger partial charge in [-0.15, -0.1) is 0 Å². The lowest BCUT2D eigenvalue weighted by molar-refractivity contribution is -0.137. The van der Waals surface area contributed by atoms with Gasteiger partial charge in [0.05, 0.1) is 11.2 Å². The molecule has 0 bridgehead atoms. The molecule has 9 heteroatoms. The van der Waals surface area contributed by atoms with Gasteiger partial charge in [-0.25, -0.2) is 0 Å². The maximum absolute atomic E-state index is 12.5. The van der Waals surface area contributed by atoms with Crippen molar-refractivity contribution < 1.29 is 23.9 Å². The second-order valence-corrected chi connectivity index (χ2v) is 8.39. The lowest BCUT2D eigenvalue weighted by Crippen LogP contribution is -2.29. The summed E-state index contributed by atoms with van der Waals surface area (Å²) < 4.78 is 5.79. The number of carboxylic acid groups (broad SMARTS) is 1. The van der Waals surface area contributed by atoms with Crippen molar-refractivity contribution >= 4 is 52.2 Å². The molecule has 1 aliphatic rings. The number of hydrogen-bond acceptors (Lipinski definition) is 6. The first-order valence-corrected chi connectivity index (χ1v) is 11.0. The number of amides is 2. The summed E-state index contributed by atoms with van der Waals surface area (Å²) in [5, 5.41) is 11.4. The first-order chi connectivity index (χ1) is 14.0. The van der Waals surface area contributed by atoms with Crippen LogP contribution in [0.1, 0.15) is 57.1 Å². The smallest absolute Gasteiger partial charge is 0.303 e. The van der Waals surface area contributed by atoms with Crippen molar-refractivity contribution in [2.75, 3.05) is 13.1 Å². The molecule has 158 valence electrons. The van der Waals surface area contributed by atoms with Crippen LogP contribution in [0.4, 0.5) is 0 Å². The van der Waals surface area contributed by atoms with Gasteiger partial charge < -0.3 is 14.8 Å². The lowest BCUT2D eigenvalue weighted by Gasteiger charge is -2.14. The molecule has 2 rings (SSSR count). The van der Waals surface area contributed by atoms with Crippen LogP contribution < -0.4 is 5.32 Å². The fourth-order valence-corrected chi connectivity index (χ4v) is 4.11. The Balaban J connectivity index is 1.56. The molecule has 1 aliphatic heterocycles. The third-order valence-electron chi connectivity index (χ3n) is 4.37. The van der Waals surface area contributed by atoms with Crippen molar-refractivity contribution in [1.29, 1.82) is 0 Å². The molecular formula is C20H26N2O5S2. The standard InChI is InChI=1S/C20H26N2O5S2/c23-17(21-11-5-1-4-10-18(24)25)9-3-2-6-12-22-19(26)16(29-20(22)28)14-15-8-7-13-27-15/h7-8,13-14H,1-6,9-12H2,(H,21,23)(H,24,25)/b16-14-. The minimum Gasteiger partial charge on any atom is -0.481 e. The van der Waals surface area contributed by atoms with Gasteiger partial charge in [0.1, 0.15) is 10.1 Å². The Hall–Kier alpha value is -2.13. The summed E-state index contributed by atoms with van der Waals surface area (Å²) in [5.74, 6) is -0.251. The second kappa shape index (κ2) is 12.4. The highest BCUT2D eigenvalue weighted by Gasteiger charge is 2.31. The summed E-state index contributed by atoms with van der Waals surface area (Å²) in [4.78, 5) is 36.8. The van der Waals surface area contributed by atoms with Crippen LogP contribution in [-0.2, 0) is 14.4 Å². The van der Waals surface area contributed by atoms with Crippen molar-refractivity contribution in [3.05, 3.63) is 29.1 Å². The van der Waals surface area contributed by atoms with Gasteiger partial charge in [-0.3, -0.25) is 19.3 Å². The van der Waals surface area contributed by atoms with E-state index in [0.717, 1.165) is 32.1 Å². The van der Waals surface area contributed by atoms with Gasteiger partial charge in [0.15, 0.2) is 0 Å². The summed E-state index contributed by atoms with van der Waals surface area (Å²) in [6.07, 6.45) is 8.48. The maximum atomic E-state index is 12.5. The third-order valence-corrected chi connectivity index (χ3v) is 5.74. The number of carbonyl (C=O) groups excluding carboxylic acids is 2. The number of carboxylic acids is 1. The SMILES string of the molecule is O=C(O)CCCCCNC(=O)CCCCCN1C(=O)/C(=C/c2ccco2)SC1=S. The highest BCUT2D eigenvalue weighted by atomic mass is 32.2. The molecule has 0 atom stereocenters. The maximum Gasteiger partial charge on any atom is 0.303 e. The predicted molar refractivity (Wildman–Crippen MR) is 116 cm³/mol. The van der Waals surface area contributed by atoms with E-state index in [-0.39, 0.29) is 18.2 Å². The van der Waals surface area contributed by atoms with Crippen LogP contribution in [0.2, 0.25) is 0 Å². The molecule has 0 radical (unpaired) electrons. The Morgan fingerprint density at radius 1 is 1.17 bits per heavy atom. The summed E-state index contributed by atoms with van der Waals surface area (Å²) in [6, 6.07) is 3.55. The summed E-state index contributed by atoms with van der Waals surface area (Å²) in [5.41, 5.74) is 0. The number of unbranched alkanes of at least 4 members (excludes halogenated alkanes) is 4. The van der Waals surface area contributed by atoms with Gasteiger partial charge in [0.2, 0.25) is 5.91 Å². The number of nitrogens with zero attached hydrogens (tertiary/aromatic N) is 1. The van der Waals surface area contributed by atoms with Crippen molar-refractivity contribution in [2.24, 2.45) is 0 Å². The van der Waals surface area contributed by atoms with Gasteiger partial charge in [0, 0.05) is 32.0 Å². The number of thioether (sulfide) groups is 1. The van der Waals surface area contributed by atoms with Crippen LogP contribution in [0.15, 0.2) is 27.7 Å². The first-order valence-electron chi connectivity index (χ1n) is 9.74. The van der Waals surface area contributed by atoms with Crippen LogP contribution in [0.25, 0.3) is 6.08 Å². The quantitative estimate of drug-likeness (QED) is 0.274. The topological polar surface area (TPSA) is 99.9 Å². The number of nitrogens with one attached hydrogen (secondary N) is 1. The molecule has 0 spiro atoms. The minimum absolute atomic E-state index is 0.00947. The number of rotatable bonds is 13. The Morgan fingerprint density at radius 3 is 2.66 bits per heavy atom. The monoisotopic (exact) mass is 438 g/mol. The molecule has 7 nitrogen and oxygen atoms in total. The van der Waals surface area contributed by atoms with Gasteiger partial charge >= 0.3 is 5.97 Å². The van der Waals surface area contributed by atoms with E-state index in [4.69, 9.17) is 21.7 Å². The van der Waals surface area contributed by atoms with Crippen LogP contribution in [0.3, 0.4) is 0 Å². The van der Waals surface area contributed by atoms with E-state index in [1.807, 2.05) is 0 Å². The Bertz CT molecular complexity index is 746. The fraction of sp³-hybridized carbons (Fsp3) is 0.500. The molecule has 2 heterocycles. The molecule has 29 heavy (non-hydrogen) atoms. The number of aliphatic carboxylic acids is 1. The first kappa shape index (κ1) is 23.2. The van der Waals surface area contributed by atoms with Crippen LogP contribution >= 0.6 is 24.0 Å². The molecule has 2 amide bonds. The molecule has 0 saturated carbocycles. The Kier molecular flexibility index (Phi) is 9.93. The van der Waals surface area contributed by atoms with Crippen molar-refractivity contribution in [3.8, 4) is 0 Å². The lowest BCUT2D eigenvalue weighted by atomic mass is 10.1. The highest BCUT2D eigenvalue weighted by Crippen LogP contribution is 2.32. The largest absolute Gasteiger partial charge is 0.481 e. The minimum atomic E-state index is -0.784. The molecule has 2 N–H and O–H groups in total. The zero-order valence-electron chi connectivity index (χ0n) is 16.2. The number of thiocarbonyl (C=S) groups is 1. The van der Waals surface area contributed by atoms with E-state index in [2.05, 4.69) is 5.32 Å². The molecule has 0 unspecified atom stereocenters. The van der Waals surface area contributed by atoms with Gasteiger partial charge in [-0.05, 0) is 37.8 Å². The van der Waals surface area contributed by atoms with Crippen molar-refractivity contribution in [3.63, 3.8) is 0 Å². The summed E-state index contributed by atoms with van der Waals surface area (Å²) in [6.45, 7) is 1.13. The molecule has 1 saturated heterocycles. The average Bonchev–Trinajstić information content (AvgIpc) is 3.27.